The summed E-state index contributed by atoms with van der Waals surface area (Å²) in [5, 5.41) is 3.33. The van der Waals surface area contributed by atoms with Gasteiger partial charge in [0.25, 0.3) is 0 Å². The zero-order valence-electron chi connectivity index (χ0n) is 8.75. The number of benzene rings is 1. The smallest absolute Gasteiger partial charge is 0.123 e. The Balaban J connectivity index is 2.08. The monoisotopic (exact) mass is 208 g/mol. The van der Waals surface area contributed by atoms with E-state index in [4.69, 9.17) is 5.73 Å². The van der Waals surface area contributed by atoms with Crippen molar-refractivity contribution in [3.63, 3.8) is 0 Å². The van der Waals surface area contributed by atoms with Crippen molar-refractivity contribution >= 4 is 0 Å². The second kappa shape index (κ2) is 4.73. The molecule has 2 nitrogen and oxygen atoms in total. The van der Waals surface area contributed by atoms with Gasteiger partial charge >= 0.3 is 0 Å². The lowest BCUT2D eigenvalue weighted by Crippen LogP contribution is -2.36. The van der Waals surface area contributed by atoms with Crippen LogP contribution in [0.1, 0.15) is 24.4 Å². The van der Waals surface area contributed by atoms with Gasteiger partial charge in [0.1, 0.15) is 5.82 Å². The van der Waals surface area contributed by atoms with Gasteiger partial charge < -0.3 is 11.1 Å². The van der Waals surface area contributed by atoms with Gasteiger partial charge in [-0.25, -0.2) is 4.39 Å². The summed E-state index contributed by atoms with van der Waals surface area (Å²) in [6.07, 6.45) is 2.29. The first-order valence-electron chi connectivity index (χ1n) is 5.49. The Hall–Kier alpha value is -0.930. The summed E-state index contributed by atoms with van der Waals surface area (Å²) in [7, 11) is 0. The molecule has 1 aromatic rings. The Bertz CT molecular complexity index is 321. The first-order valence-corrected chi connectivity index (χ1v) is 5.49. The predicted octanol–water partition coefficient (Wildman–Crippen LogP) is 1.83. The fourth-order valence-corrected chi connectivity index (χ4v) is 2.17. The molecule has 2 rings (SSSR count). The molecule has 0 aliphatic carbocycles. The van der Waals surface area contributed by atoms with Gasteiger partial charge in [0.2, 0.25) is 0 Å². The Kier molecular flexibility index (Phi) is 3.34. The zero-order chi connectivity index (χ0) is 10.7. The van der Waals surface area contributed by atoms with Gasteiger partial charge in [-0.05, 0) is 49.5 Å². The van der Waals surface area contributed by atoms with E-state index in [1.54, 1.807) is 12.1 Å². The lowest BCUT2D eigenvalue weighted by atomic mass is 9.88. The summed E-state index contributed by atoms with van der Waals surface area (Å²) in [6.45, 7) is 2.02. The number of halogens is 1. The predicted molar refractivity (Wildman–Crippen MR) is 58.9 cm³/mol. The number of hydrogen-bond acceptors (Lipinski definition) is 2. The fraction of sp³-hybridized carbons (Fsp3) is 0.500. The van der Waals surface area contributed by atoms with Gasteiger partial charge in [0.15, 0.2) is 0 Å². The third-order valence-electron chi connectivity index (χ3n) is 3.08. The minimum Gasteiger partial charge on any atom is -0.324 e. The van der Waals surface area contributed by atoms with Gasteiger partial charge in [-0.2, -0.15) is 0 Å². The Morgan fingerprint density at radius 3 is 3.00 bits per heavy atom. The van der Waals surface area contributed by atoms with Crippen molar-refractivity contribution < 1.29 is 4.39 Å². The average molecular weight is 208 g/mol. The van der Waals surface area contributed by atoms with E-state index >= 15 is 0 Å². The van der Waals surface area contributed by atoms with Crippen molar-refractivity contribution in [1.82, 2.24) is 5.32 Å². The minimum absolute atomic E-state index is 0.0477. The highest BCUT2D eigenvalue weighted by atomic mass is 19.1. The minimum atomic E-state index is -0.202. The van der Waals surface area contributed by atoms with Crippen LogP contribution < -0.4 is 11.1 Å². The molecule has 0 amide bonds. The first-order chi connectivity index (χ1) is 7.27. The molecule has 82 valence electrons. The van der Waals surface area contributed by atoms with Crippen molar-refractivity contribution in [2.45, 2.75) is 18.9 Å². The van der Waals surface area contributed by atoms with Crippen LogP contribution in [-0.4, -0.2) is 13.1 Å². The Labute approximate surface area is 89.7 Å². The van der Waals surface area contributed by atoms with Crippen molar-refractivity contribution in [3.8, 4) is 0 Å². The van der Waals surface area contributed by atoms with Gasteiger partial charge in [0.05, 0.1) is 0 Å². The highest BCUT2D eigenvalue weighted by Gasteiger charge is 2.21. The molecule has 1 fully saturated rings. The number of nitrogens with two attached hydrogens (primary N) is 1. The molecule has 15 heavy (non-hydrogen) atoms. The molecule has 1 aliphatic heterocycles. The van der Waals surface area contributed by atoms with Crippen LogP contribution in [0.25, 0.3) is 0 Å². The molecule has 3 N–H and O–H groups in total. The average Bonchev–Trinajstić information content (AvgIpc) is 2.29. The fourth-order valence-electron chi connectivity index (χ4n) is 2.17. The summed E-state index contributed by atoms with van der Waals surface area (Å²) in [5.41, 5.74) is 7.04. The summed E-state index contributed by atoms with van der Waals surface area (Å²) in [5.74, 6) is 0.229. The molecule has 0 radical (unpaired) electrons. The Morgan fingerprint density at radius 2 is 2.33 bits per heavy atom. The van der Waals surface area contributed by atoms with Crippen LogP contribution in [0, 0.1) is 11.7 Å². The van der Waals surface area contributed by atoms with Crippen molar-refractivity contribution in [2.75, 3.05) is 13.1 Å². The van der Waals surface area contributed by atoms with Crippen LogP contribution in [0.4, 0.5) is 4.39 Å². The number of nitrogens with one attached hydrogen (secondary N) is 1. The molecule has 0 bridgehead atoms. The molecular formula is C12H17FN2. The third-order valence-corrected chi connectivity index (χ3v) is 3.08. The van der Waals surface area contributed by atoms with Gasteiger partial charge in [-0.15, -0.1) is 0 Å². The maximum atomic E-state index is 13.0. The van der Waals surface area contributed by atoms with E-state index in [2.05, 4.69) is 5.32 Å². The number of hydrogen-bond donors (Lipinski definition) is 2. The molecule has 3 heteroatoms. The van der Waals surface area contributed by atoms with Crippen LogP contribution in [-0.2, 0) is 0 Å². The molecule has 2 atom stereocenters. The van der Waals surface area contributed by atoms with Crippen molar-refractivity contribution in [1.29, 1.82) is 0 Å². The van der Waals surface area contributed by atoms with E-state index in [9.17, 15) is 4.39 Å². The zero-order valence-corrected chi connectivity index (χ0v) is 8.75. The van der Waals surface area contributed by atoms with E-state index in [0.717, 1.165) is 31.5 Å². The summed E-state index contributed by atoms with van der Waals surface area (Å²) in [4.78, 5) is 0. The summed E-state index contributed by atoms with van der Waals surface area (Å²) >= 11 is 0. The second-order valence-electron chi connectivity index (χ2n) is 4.19. The molecule has 0 saturated carbocycles. The van der Waals surface area contributed by atoms with E-state index in [-0.39, 0.29) is 11.9 Å². The molecule has 0 spiro atoms. The standard InChI is InChI=1S/C12H17FN2/c13-11-5-1-3-9(7-11)12(14)10-4-2-6-15-8-10/h1,3,5,7,10,12,15H,2,4,6,8,14H2. The summed E-state index contributed by atoms with van der Waals surface area (Å²) in [6, 6.07) is 6.58. The number of rotatable bonds is 2. The van der Waals surface area contributed by atoms with E-state index < -0.39 is 0 Å². The quantitative estimate of drug-likeness (QED) is 0.778. The molecule has 0 aromatic heterocycles. The van der Waals surface area contributed by atoms with Gasteiger partial charge in [-0.1, -0.05) is 12.1 Å². The van der Waals surface area contributed by atoms with E-state index in [1.165, 1.54) is 6.07 Å². The molecule has 2 unspecified atom stereocenters. The molecule has 1 aliphatic rings. The highest BCUT2D eigenvalue weighted by molar-refractivity contribution is 5.20. The topological polar surface area (TPSA) is 38.0 Å². The van der Waals surface area contributed by atoms with Gasteiger partial charge in [-0.3, -0.25) is 0 Å². The van der Waals surface area contributed by atoms with E-state index in [0.29, 0.717) is 5.92 Å². The van der Waals surface area contributed by atoms with Crippen LogP contribution >= 0.6 is 0 Å². The van der Waals surface area contributed by atoms with Crippen LogP contribution in [0.5, 0.6) is 0 Å². The second-order valence-corrected chi connectivity index (χ2v) is 4.19. The molecule has 1 aromatic carbocycles. The molecule has 1 heterocycles. The number of piperidine rings is 1. The maximum Gasteiger partial charge on any atom is 0.123 e. The van der Waals surface area contributed by atoms with E-state index in [1.807, 2.05) is 6.07 Å². The van der Waals surface area contributed by atoms with Gasteiger partial charge in [0, 0.05) is 6.04 Å². The first kappa shape index (κ1) is 10.6. The van der Waals surface area contributed by atoms with Crippen LogP contribution in [0.2, 0.25) is 0 Å². The Morgan fingerprint density at radius 1 is 1.47 bits per heavy atom. The maximum absolute atomic E-state index is 13.0. The van der Waals surface area contributed by atoms with Crippen LogP contribution in [0.3, 0.4) is 0 Å². The normalized spacial score (nSPS) is 23.7. The largest absolute Gasteiger partial charge is 0.324 e. The van der Waals surface area contributed by atoms with Crippen molar-refractivity contribution in [2.24, 2.45) is 11.7 Å². The lowest BCUT2D eigenvalue weighted by molar-refractivity contribution is 0.326. The van der Waals surface area contributed by atoms with Crippen molar-refractivity contribution in [3.05, 3.63) is 35.6 Å². The molecular weight excluding hydrogens is 191 g/mol. The summed E-state index contributed by atoms with van der Waals surface area (Å²) < 4.78 is 13.0. The molecule has 1 saturated heterocycles. The lowest BCUT2D eigenvalue weighted by Gasteiger charge is -2.28. The van der Waals surface area contributed by atoms with Crippen LogP contribution in [0.15, 0.2) is 24.3 Å². The third kappa shape index (κ3) is 2.55. The SMILES string of the molecule is NC(c1cccc(F)c1)C1CCCNC1. The highest BCUT2D eigenvalue weighted by Crippen LogP contribution is 2.25.